The molecule has 2 aliphatic heterocycles. The van der Waals surface area contributed by atoms with Gasteiger partial charge in [-0.2, -0.15) is 0 Å². The van der Waals surface area contributed by atoms with Crippen LogP contribution < -0.4 is 10.2 Å². The number of carboxylic acids is 1. The summed E-state index contributed by atoms with van der Waals surface area (Å²) in [6.07, 6.45) is 0. The van der Waals surface area contributed by atoms with Crippen LogP contribution in [0.15, 0.2) is 24.3 Å². The van der Waals surface area contributed by atoms with E-state index in [9.17, 15) is 19.2 Å². The van der Waals surface area contributed by atoms with Gasteiger partial charge in [0.1, 0.15) is 6.54 Å². The van der Waals surface area contributed by atoms with E-state index in [2.05, 4.69) is 5.32 Å². The number of rotatable bonds is 2. The zero-order chi connectivity index (χ0) is 14.4. The van der Waals surface area contributed by atoms with Gasteiger partial charge in [0.05, 0.1) is 11.4 Å². The maximum atomic E-state index is 12.2. The highest BCUT2D eigenvalue weighted by atomic mass is 16.4. The zero-order valence-electron chi connectivity index (χ0n) is 10.1. The maximum absolute atomic E-state index is 12.2. The number of fused-ring (bicyclic) bond motifs is 3. The third-order valence-electron chi connectivity index (χ3n) is 3.16. The molecular formula is C12H9N3O5. The summed E-state index contributed by atoms with van der Waals surface area (Å²) >= 11 is 0. The molecule has 0 aromatic heterocycles. The van der Waals surface area contributed by atoms with Gasteiger partial charge in [0.2, 0.25) is 0 Å². The Labute approximate surface area is 112 Å². The van der Waals surface area contributed by atoms with E-state index in [1.807, 2.05) is 0 Å². The Bertz CT molecular complexity index is 656. The van der Waals surface area contributed by atoms with E-state index in [0.29, 0.717) is 16.3 Å². The minimum absolute atomic E-state index is 0.378. The van der Waals surface area contributed by atoms with Crippen LogP contribution in [0.2, 0.25) is 0 Å². The van der Waals surface area contributed by atoms with Crippen molar-refractivity contribution >= 4 is 35.2 Å². The van der Waals surface area contributed by atoms with Gasteiger partial charge in [-0.05, 0) is 12.1 Å². The molecule has 0 bridgehead atoms. The van der Waals surface area contributed by atoms with E-state index in [0.717, 1.165) is 4.90 Å². The number of carbonyl (C=O) groups excluding carboxylic acids is 3. The van der Waals surface area contributed by atoms with E-state index in [1.165, 1.54) is 0 Å². The van der Waals surface area contributed by atoms with Crippen molar-refractivity contribution in [3.05, 3.63) is 24.3 Å². The molecule has 0 spiro atoms. The van der Waals surface area contributed by atoms with E-state index in [1.54, 1.807) is 24.3 Å². The lowest BCUT2D eigenvalue weighted by atomic mass is 10.1. The first-order valence-electron chi connectivity index (χ1n) is 5.77. The van der Waals surface area contributed by atoms with Gasteiger partial charge in [0.15, 0.2) is 6.04 Å². The van der Waals surface area contributed by atoms with E-state index in [4.69, 9.17) is 5.11 Å². The van der Waals surface area contributed by atoms with Gasteiger partial charge in [-0.25, -0.2) is 4.79 Å². The number of anilines is 2. The molecule has 1 aromatic rings. The SMILES string of the molecule is O=C(O)CN1C(=O)C2C(=O)Nc3ccccc3N2C1=O. The number of urea groups is 1. The van der Waals surface area contributed by atoms with Crippen molar-refractivity contribution in [2.75, 3.05) is 16.8 Å². The Morgan fingerprint density at radius 1 is 1.25 bits per heavy atom. The topological polar surface area (TPSA) is 107 Å². The predicted octanol–water partition coefficient (Wildman–Crippen LogP) is -0.139. The lowest BCUT2D eigenvalue weighted by Crippen LogP contribution is -2.48. The molecular weight excluding hydrogens is 266 g/mol. The van der Waals surface area contributed by atoms with Gasteiger partial charge in [-0.1, -0.05) is 12.1 Å². The maximum Gasteiger partial charge on any atom is 0.333 e. The highest BCUT2D eigenvalue weighted by Gasteiger charge is 2.52. The number of carbonyl (C=O) groups is 4. The number of amides is 4. The third kappa shape index (κ3) is 1.54. The van der Waals surface area contributed by atoms with Crippen LogP contribution in [0.4, 0.5) is 16.2 Å². The summed E-state index contributed by atoms with van der Waals surface area (Å²) in [5, 5.41) is 11.3. The molecule has 0 saturated carbocycles. The average molecular weight is 275 g/mol. The van der Waals surface area contributed by atoms with E-state index >= 15 is 0 Å². The van der Waals surface area contributed by atoms with Crippen LogP contribution in [0, 0.1) is 0 Å². The summed E-state index contributed by atoms with van der Waals surface area (Å²) in [6.45, 7) is -0.764. The second kappa shape index (κ2) is 4.05. The highest BCUT2D eigenvalue weighted by molar-refractivity contribution is 6.29. The van der Waals surface area contributed by atoms with Gasteiger partial charge in [0, 0.05) is 0 Å². The smallest absolute Gasteiger partial charge is 0.333 e. The fraction of sp³-hybridized carbons (Fsp3) is 0.167. The van der Waals surface area contributed by atoms with Crippen LogP contribution >= 0.6 is 0 Å². The number of nitrogens with zero attached hydrogens (tertiary/aromatic N) is 2. The standard InChI is InChI=1S/C12H9N3O5/c16-8(17)5-14-11(19)9-10(18)13-6-3-1-2-4-7(6)15(9)12(14)20/h1-4,9H,5H2,(H,13,18)(H,16,17). The molecule has 2 heterocycles. The summed E-state index contributed by atoms with van der Waals surface area (Å²) in [4.78, 5) is 48.5. The van der Waals surface area contributed by atoms with Crippen molar-refractivity contribution in [1.82, 2.24) is 4.90 Å². The molecule has 102 valence electrons. The monoisotopic (exact) mass is 275 g/mol. The molecule has 20 heavy (non-hydrogen) atoms. The third-order valence-corrected chi connectivity index (χ3v) is 3.16. The number of carboxylic acid groups (broad SMARTS) is 1. The van der Waals surface area contributed by atoms with Crippen molar-refractivity contribution in [3.63, 3.8) is 0 Å². The normalized spacial score (nSPS) is 20.6. The largest absolute Gasteiger partial charge is 0.480 e. The van der Waals surface area contributed by atoms with Gasteiger partial charge in [-0.15, -0.1) is 0 Å². The first-order valence-corrected chi connectivity index (χ1v) is 5.77. The minimum atomic E-state index is -1.34. The van der Waals surface area contributed by atoms with Gasteiger partial charge < -0.3 is 10.4 Å². The van der Waals surface area contributed by atoms with Crippen LogP contribution in [0.3, 0.4) is 0 Å². The molecule has 0 aliphatic carbocycles. The Kier molecular flexibility index (Phi) is 2.46. The number of imide groups is 1. The molecule has 1 atom stereocenters. The lowest BCUT2D eigenvalue weighted by molar-refractivity contribution is -0.142. The second-order valence-corrected chi connectivity index (χ2v) is 4.38. The van der Waals surface area contributed by atoms with Crippen molar-refractivity contribution in [2.45, 2.75) is 6.04 Å². The number of hydrogen-bond donors (Lipinski definition) is 2. The van der Waals surface area contributed by atoms with Gasteiger partial charge in [-0.3, -0.25) is 24.2 Å². The van der Waals surface area contributed by atoms with Crippen molar-refractivity contribution < 1.29 is 24.3 Å². The fourth-order valence-corrected chi connectivity index (χ4v) is 2.34. The molecule has 1 unspecified atom stereocenters. The molecule has 2 aliphatic rings. The summed E-state index contributed by atoms with van der Waals surface area (Å²) in [6, 6.07) is 4.38. The molecule has 1 saturated heterocycles. The van der Waals surface area contributed by atoms with Crippen LogP contribution in [-0.2, 0) is 14.4 Å². The summed E-state index contributed by atoms with van der Waals surface area (Å²) in [5.74, 6) is -2.79. The highest BCUT2D eigenvalue weighted by Crippen LogP contribution is 2.36. The Morgan fingerprint density at radius 2 is 1.95 bits per heavy atom. The van der Waals surface area contributed by atoms with Gasteiger partial charge in [0.25, 0.3) is 11.8 Å². The number of hydrogen-bond acceptors (Lipinski definition) is 4. The molecule has 2 N–H and O–H groups in total. The Balaban J connectivity index is 2.08. The first-order chi connectivity index (χ1) is 9.50. The number of para-hydroxylation sites is 2. The molecule has 3 rings (SSSR count). The van der Waals surface area contributed by atoms with Gasteiger partial charge >= 0.3 is 12.0 Å². The summed E-state index contributed by atoms with van der Waals surface area (Å²) in [7, 11) is 0. The zero-order valence-corrected chi connectivity index (χ0v) is 10.1. The van der Waals surface area contributed by atoms with Crippen LogP contribution in [0.5, 0.6) is 0 Å². The molecule has 8 heteroatoms. The number of aliphatic carboxylic acids is 1. The molecule has 8 nitrogen and oxygen atoms in total. The number of benzene rings is 1. The minimum Gasteiger partial charge on any atom is -0.480 e. The van der Waals surface area contributed by atoms with E-state index < -0.39 is 36.4 Å². The average Bonchev–Trinajstić information content (AvgIpc) is 2.64. The molecule has 1 aromatic carbocycles. The van der Waals surface area contributed by atoms with Crippen molar-refractivity contribution in [2.24, 2.45) is 0 Å². The molecule has 1 fully saturated rings. The van der Waals surface area contributed by atoms with E-state index in [-0.39, 0.29) is 0 Å². The summed E-state index contributed by atoms with van der Waals surface area (Å²) in [5.41, 5.74) is 0.787. The van der Waals surface area contributed by atoms with Crippen molar-refractivity contribution in [1.29, 1.82) is 0 Å². The van der Waals surface area contributed by atoms with Crippen LogP contribution in [0.25, 0.3) is 0 Å². The van der Waals surface area contributed by atoms with Crippen LogP contribution in [0.1, 0.15) is 0 Å². The quantitative estimate of drug-likeness (QED) is 0.577. The summed E-state index contributed by atoms with van der Waals surface area (Å²) < 4.78 is 0. The van der Waals surface area contributed by atoms with Crippen molar-refractivity contribution in [3.8, 4) is 0 Å². The molecule has 4 amide bonds. The number of nitrogens with one attached hydrogen (secondary N) is 1. The Hall–Kier alpha value is -2.90. The Morgan fingerprint density at radius 3 is 2.65 bits per heavy atom. The lowest BCUT2D eigenvalue weighted by Gasteiger charge is -2.28. The fourth-order valence-electron chi connectivity index (χ4n) is 2.34. The second-order valence-electron chi connectivity index (χ2n) is 4.38. The van der Waals surface area contributed by atoms with Crippen LogP contribution in [-0.4, -0.2) is 46.4 Å². The predicted molar refractivity (Wildman–Crippen MR) is 66.1 cm³/mol. The molecule has 0 radical (unpaired) electrons. The first kappa shape index (κ1) is 12.2.